The van der Waals surface area contributed by atoms with Crippen LogP contribution in [-0.4, -0.2) is 49.3 Å². The minimum absolute atomic E-state index is 0.0187. The van der Waals surface area contributed by atoms with E-state index in [0.29, 0.717) is 53.4 Å². The lowest BCUT2D eigenvalue weighted by molar-refractivity contribution is -0.137. The molecular formula is C26H26F3N5O3S. The van der Waals surface area contributed by atoms with E-state index < -0.39 is 17.3 Å². The van der Waals surface area contributed by atoms with Crippen LogP contribution >= 0.6 is 11.3 Å². The molecule has 0 saturated carbocycles. The van der Waals surface area contributed by atoms with Gasteiger partial charge in [-0.1, -0.05) is 12.1 Å². The molecule has 0 atom stereocenters. The predicted molar refractivity (Wildman–Crippen MR) is 137 cm³/mol. The Bertz CT molecular complexity index is 1520. The number of aromatic nitrogens is 4. The summed E-state index contributed by atoms with van der Waals surface area (Å²) in [5, 5.41) is 6.86. The van der Waals surface area contributed by atoms with Gasteiger partial charge in [0.25, 0.3) is 5.56 Å². The highest BCUT2D eigenvalue weighted by Gasteiger charge is 2.31. The molecule has 1 aliphatic heterocycles. The van der Waals surface area contributed by atoms with Crippen molar-refractivity contribution in [2.45, 2.75) is 51.3 Å². The van der Waals surface area contributed by atoms with E-state index in [4.69, 9.17) is 4.74 Å². The quantitative estimate of drug-likeness (QED) is 0.344. The fourth-order valence-electron chi connectivity index (χ4n) is 4.50. The highest BCUT2D eigenvalue weighted by atomic mass is 32.1. The number of amides is 1. The monoisotopic (exact) mass is 545 g/mol. The number of halogens is 3. The van der Waals surface area contributed by atoms with E-state index in [1.165, 1.54) is 29.5 Å². The number of aromatic amines is 1. The van der Waals surface area contributed by atoms with E-state index in [0.717, 1.165) is 17.8 Å². The van der Waals surface area contributed by atoms with Crippen LogP contribution in [0.4, 0.5) is 18.0 Å². The van der Waals surface area contributed by atoms with Crippen LogP contribution in [-0.2, 0) is 10.9 Å². The maximum Gasteiger partial charge on any atom is 0.416 e. The predicted octanol–water partition coefficient (Wildman–Crippen LogP) is 5.95. The first-order valence-electron chi connectivity index (χ1n) is 12.1. The van der Waals surface area contributed by atoms with Gasteiger partial charge in [-0.2, -0.15) is 18.3 Å². The molecule has 1 aromatic carbocycles. The number of rotatable bonds is 3. The van der Waals surface area contributed by atoms with Gasteiger partial charge in [-0.3, -0.25) is 4.79 Å². The molecular weight excluding hydrogens is 519 g/mol. The number of carbonyl (C=O) groups is 1. The summed E-state index contributed by atoms with van der Waals surface area (Å²) in [5.74, 6) is 0.0187. The van der Waals surface area contributed by atoms with E-state index in [2.05, 4.69) is 15.1 Å². The number of hydrogen-bond donors (Lipinski definition) is 1. The number of H-pyrrole nitrogens is 1. The molecule has 1 fully saturated rings. The maximum atomic E-state index is 12.9. The molecule has 0 aliphatic carbocycles. The number of alkyl halides is 3. The molecule has 3 aromatic heterocycles. The van der Waals surface area contributed by atoms with Crippen LogP contribution in [0.1, 0.15) is 50.8 Å². The Morgan fingerprint density at radius 1 is 1.13 bits per heavy atom. The van der Waals surface area contributed by atoms with Crippen LogP contribution in [0, 0.1) is 0 Å². The molecule has 0 unspecified atom stereocenters. The van der Waals surface area contributed by atoms with E-state index in [-0.39, 0.29) is 17.6 Å². The number of nitrogens with one attached hydrogen (secondary N) is 1. The van der Waals surface area contributed by atoms with Gasteiger partial charge in [0.2, 0.25) is 0 Å². The van der Waals surface area contributed by atoms with Gasteiger partial charge in [0.05, 0.1) is 28.7 Å². The SMILES string of the molecule is CC(C)(C)OC(=O)N1CCC(c2cc(=O)[nH]c3c(-c4nc(-c5ccc(C(F)(F)F)cc5)cs4)cnn23)CC1. The summed E-state index contributed by atoms with van der Waals surface area (Å²) in [5.41, 5.74) is 1.39. The molecule has 1 amide bonds. The van der Waals surface area contributed by atoms with Crippen molar-refractivity contribution in [1.82, 2.24) is 24.5 Å². The van der Waals surface area contributed by atoms with Gasteiger partial charge < -0.3 is 14.6 Å². The minimum atomic E-state index is -4.40. The summed E-state index contributed by atoms with van der Waals surface area (Å²) in [6, 6.07) is 6.37. The van der Waals surface area contributed by atoms with E-state index >= 15 is 0 Å². The number of likely N-dealkylation sites (tertiary alicyclic amines) is 1. The third-order valence-electron chi connectivity index (χ3n) is 6.34. The van der Waals surface area contributed by atoms with Crippen molar-refractivity contribution in [1.29, 1.82) is 0 Å². The molecule has 1 N–H and O–H groups in total. The summed E-state index contributed by atoms with van der Waals surface area (Å²) in [4.78, 5) is 34.2. The Balaban J connectivity index is 1.38. The Morgan fingerprint density at radius 2 is 1.82 bits per heavy atom. The smallest absolute Gasteiger partial charge is 0.416 e. The van der Waals surface area contributed by atoms with Crippen LogP contribution in [0.25, 0.3) is 27.5 Å². The molecule has 200 valence electrons. The van der Waals surface area contributed by atoms with Gasteiger partial charge in [0, 0.05) is 36.0 Å². The van der Waals surface area contributed by atoms with Crippen molar-refractivity contribution in [3.63, 3.8) is 0 Å². The van der Waals surface area contributed by atoms with Gasteiger partial charge in [-0.25, -0.2) is 14.3 Å². The third kappa shape index (κ3) is 5.31. The second-order valence-corrected chi connectivity index (χ2v) is 11.1. The summed E-state index contributed by atoms with van der Waals surface area (Å²) in [6.45, 7) is 6.49. The molecule has 0 spiro atoms. The first-order chi connectivity index (χ1) is 17.9. The second kappa shape index (κ2) is 9.57. The van der Waals surface area contributed by atoms with Crippen LogP contribution in [0.15, 0.2) is 46.7 Å². The van der Waals surface area contributed by atoms with Crippen LogP contribution in [0.5, 0.6) is 0 Å². The van der Waals surface area contributed by atoms with Gasteiger partial charge in [-0.05, 0) is 45.7 Å². The zero-order valence-corrected chi connectivity index (χ0v) is 21.8. The average Bonchev–Trinajstić information content (AvgIpc) is 3.49. The average molecular weight is 546 g/mol. The molecule has 0 radical (unpaired) electrons. The Labute approximate surface area is 220 Å². The van der Waals surface area contributed by atoms with Gasteiger partial charge in [0.1, 0.15) is 16.3 Å². The van der Waals surface area contributed by atoms with Gasteiger partial charge in [0.15, 0.2) is 0 Å². The Morgan fingerprint density at radius 3 is 2.45 bits per heavy atom. The summed E-state index contributed by atoms with van der Waals surface area (Å²) >= 11 is 1.32. The highest BCUT2D eigenvalue weighted by molar-refractivity contribution is 7.13. The molecule has 1 saturated heterocycles. The topological polar surface area (TPSA) is 92.6 Å². The number of carbonyl (C=O) groups excluding carboxylic acids is 1. The van der Waals surface area contributed by atoms with Crippen molar-refractivity contribution in [3.8, 4) is 21.8 Å². The molecule has 8 nitrogen and oxygen atoms in total. The van der Waals surface area contributed by atoms with Crippen LogP contribution in [0.3, 0.4) is 0 Å². The van der Waals surface area contributed by atoms with E-state index in [1.807, 2.05) is 20.8 Å². The summed E-state index contributed by atoms with van der Waals surface area (Å²) < 4.78 is 45.9. The molecule has 12 heteroatoms. The zero-order chi connectivity index (χ0) is 27.2. The van der Waals surface area contributed by atoms with E-state index in [1.54, 1.807) is 21.0 Å². The van der Waals surface area contributed by atoms with Crippen molar-refractivity contribution in [2.75, 3.05) is 13.1 Å². The Hall–Kier alpha value is -3.67. The summed E-state index contributed by atoms with van der Waals surface area (Å²) in [6.07, 6.45) is -1.82. The highest BCUT2D eigenvalue weighted by Crippen LogP contribution is 2.35. The standard InChI is InChI=1S/C26H26F3N5O3S/c1-25(2,3)37-24(36)33-10-8-16(9-11-33)20-12-21(35)32-22-18(13-30-34(20)22)23-31-19(14-38-23)15-4-6-17(7-5-15)26(27,28)29/h4-7,12-14,16H,8-11H2,1-3H3,(H,32,35). The minimum Gasteiger partial charge on any atom is -0.444 e. The fraction of sp³-hybridized carbons (Fsp3) is 0.385. The zero-order valence-electron chi connectivity index (χ0n) is 21.0. The van der Waals surface area contributed by atoms with Gasteiger partial charge in [-0.15, -0.1) is 11.3 Å². The Kier molecular flexibility index (Phi) is 6.54. The number of benzene rings is 1. The lowest BCUT2D eigenvalue weighted by Crippen LogP contribution is -2.41. The number of nitrogens with zero attached hydrogens (tertiary/aromatic N) is 4. The molecule has 5 rings (SSSR count). The molecule has 4 aromatic rings. The molecule has 4 heterocycles. The number of ether oxygens (including phenoxy) is 1. The van der Waals surface area contributed by atoms with Crippen molar-refractivity contribution < 1.29 is 22.7 Å². The number of thiazole rings is 1. The first kappa shape index (κ1) is 26.0. The van der Waals surface area contributed by atoms with Crippen molar-refractivity contribution in [2.24, 2.45) is 0 Å². The maximum absolute atomic E-state index is 12.9. The lowest BCUT2D eigenvalue weighted by Gasteiger charge is -2.33. The number of hydrogen-bond acceptors (Lipinski definition) is 6. The van der Waals surface area contributed by atoms with Crippen molar-refractivity contribution in [3.05, 3.63) is 63.5 Å². The van der Waals surface area contributed by atoms with Gasteiger partial charge >= 0.3 is 12.3 Å². The molecule has 38 heavy (non-hydrogen) atoms. The molecule has 1 aliphatic rings. The van der Waals surface area contributed by atoms with Crippen LogP contribution < -0.4 is 5.56 Å². The third-order valence-corrected chi connectivity index (χ3v) is 7.22. The largest absolute Gasteiger partial charge is 0.444 e. The fourth-order valence-corrected chi connectivity index (χ4v) is 5.34. The number of fused-ring (bicyclic) bond motifs is 1. The second-order valence-electron chi connectivity index (χ2n) is 10.2. The van der Waals surface area contributed by atoms with E-state index in [9.17, 15) is 22.8 Å². The normalized spacial score (nSPS) is 15.3. The summed E-state index contributed by atoms with van der Waals surface area (Å²) in [7, 11) is 0. The first-order valence-corrected chi connectivity index (χ1v) is 13.0. The van der Waals surface area contributed by atoms with Crippen molar-refractivity contribution >= 4 is 23.1 Å². The molecule has 0 bridgehead atoms. The number of piperidine rings is 1. The van der Waals surface area contributed by atoms with Crippen LogP contribution in [0.2, 0.25) is 0 Å². The lowest BCUT2D eigenvalue weighted by atomic mass is 9.93.